The molecule has 7 nitrogen and oxygen atoms in total. The van der Waals surface area contributed by atoms with Crippen molar-refractivity contribution in [2.45, 2.75) is 60.3 Å². The molecule has 0 spiro atoms. The number of aliphatic hydroxyl groups is 1. The van der Waals surface area contributed by atoms with E-state index in [0.717, 1.165) is 25.2 Å². The fourth-order valence-corrected chi connectivity index (χ4v) is 2.86. The predicted molar refractivity (Wildman–Crippen MR) is 118 cm³/mol. The van der Waals surface area contributed by atoms with Gasteiger partial charge in [0.05, 0.1) is 35.1 Å². The first-order valence-electron chi connectivity index (χ1n) is 10.1. The number of nitrogens with two attached hydrogens (primary N) is 2. The zero-order valence-electron chi connectivity index (χ0n) is 18.5. The minimum absolute atomic E-state index is 0.167. The van der Waals surface area contributed by atoms with Crippen LogP contribution in [-0.2, 0) is 11.2 Å². The fourth-order valence-electron chi connectivity index (χ4n) is 2.86. The Balaban J connectivity index is 0.00000108. The molecule has 7 heteroatoms. The van der Waals surface area contributed by atoms with Crippen LogP contribution in [0.25, 0.3) is 5.70 Å². The highest BCUT2D eigenvalue weighted by atomic mass is 16.3. The van der Waals surface area contributed by atoms with Gasteiger partial charge in [0.1, 0.15) is 5.78 Å². The Morgan fingerprint density at radius 3 is 2.18 bits per heavy atom. The highest BCUT2D eigenvalue weighted by molar-refractivity contribution is 5.72. The number of carbonyl (C=O) groups is 1. The van der Waals surface area contributed by atoms with E-state index in [2.05, 4.69) is 17.9 Å². The predicted octanol–water partition coefficient (Wildman–Crippen LogP) is 2.68. The molecule has 2 heterocycles. The summed E-state index contributed by atoms with van der Waals surface area (Å²) >= 11 is 0. The second-order valence-corrected chi connectivity index (χ2v) is 6.60. The van der Waals surface area contributed by atoms with Crippen molar-refractivity contribution in [3.05, 3.63) is 29.2 Å². The Morgan fingerprint density at radius 2 is 1.75 bits per heavy atom. The number of carbonyl (C=O) groups excluding carboxylic acids is 1. The minimum atomic E-state index is -0.212. The van der Waals surface area contributed by atoms with Crippen molar-refractivity contribution in [1.82, 2.24) is 9.99 Å². The Hall–Kier alpha value is -2.12. The molecule has 1 aliphatic heterocycles. The third kappa shape index (κ3) is 8.27. The topological polar surface area (TPSA) is 109 Å². The van der Waals surface area contributed by atoms with Crippen LogP contribution in [0.2, 0.25) is 0 Å². The lowest BCUT2D eigenvalue weighted by molar-refractivity contribution is -0.114. The normalized spacial score (nSPS) is 14.1. The van der Waals surface area contributed by atoms with Crippen LogP contribution < -0.4 is 16.5 Å². The summed E-state index contributed by atoms with van der Waals surface area (Å²) in [5.41, 5.74) is 9.93. The molecule has 0 saturated carbocycles. The van der Waals surface area contributed by atoms with E-state index >= 15 is 0 Å². The molecular formula is C21H39N5O2. The van der Waals surface area contributed by atoms with E-state index in [1.54, 1.807) is 7.05 Å². The van der Waals surface area contributed by atoms with E-state index in [4.69, 9.17) is 16.6 Å². The monoisotopic (exact) mass is 393 g/mol. The zero-order chi connectivity index (χ0) is 21.7. The Labute approximate surface area is 170 Å². The van der Waals surface area contributed by atoms with E-state index in [1.807, 2.05) is 19.9 Å². The molecule has 160 valence electrons. The third-order valence-electron chi connectivity index (χ3n) is 4.14. The molecule has 0 aliphatic carbocycles. The first-order valence-corrected chi connectivity index (χ1v) is 10.1. The van der Waals surface area contributed by atoms with Gasteiger partial charge in [-0.2, -0.15) is 0 Å². The number of anilines is 1. The van der Waals surface area contributed by atoms with E-state index in [1.165, 1.54) is 43.8 Å². The summed E-state index contributed by atoms with van der Waals surface area (Å²) in [5.74, 6) is 5.87. The third-order valence-corrected chi connectivity index (χ3v) is 4.14. The minimum Gasteiger partial charge on any atom is -0.395 e. The molecule has 1 saturated heterocycles. The second kappa shape index (κ2) is 14.0. The molecule has 1 aromatic rings. The largest absolute Gasteiger partial charge is 0.395 e. The molecule has 0 aromatic carbocycles. The number of aliphatic hydroxyl groups excluding tert-OH is 1. The molecular weight excluding hydrogens is 354 g/mol. The Morgan fingerprint density at radius 1 is 1.21 bits per heavy atom. The average Bonchev–Trinajstić information content (AvgIpc) is 2.69. The van der Waals surface area contributed by atoms with E-state index in [9.17, 15) is 9.90 Å². The van der Waals surface area contributed by atoms with Crippen molar-refractivity contribution in [2.24, 2.45) is 11.6 Å². The second-order valence-electron chi connectivity index (χ2n) is 6.60. The van der Waals surface area contributed by atoms with Gasteiger partial charge in [-0.15, -0.1) is 0 Å². The number of aryl methyl sites for hydroxylation is 1. The lowest BCUT2D eigenvalue weighted by Gasteiger charge is -2.30. The van der Waals surface area contributed by atoms with Crippen LogP contribution in [0.3, 0.4) is 0 Å². The quantitative estimate of drug-likeness (QED) is 0.521. The molecule has 1 aliphatic rings. The van der Waals surface area contributed by atoms with Crippen molar-refractivity contribution in [1.29, 1.82) is 0 Å². The molecule has 28 heavy (non-hydrogen) atoms. The standard InChI is InChI=1S/C16H27N5O.C3H6O.C2H6/c1-3-12-14(21-9-5-4-6-10-21)8-7-13(19-12)16(17)15(11-22)20(2)18;1-3(2)4;1-2/h7-8,22H,3-6,9-11,17-18H2,1-2H3;1-2H3;1-2H3/b16-15-;;. The number of Topliss-reactive ketones (excluding diaryl/α,β-unsaturated/α-hetero) is 1. The van der Waals surface area contributed by atoms with Crippen LogP contribution in [0.4, 0.5) is 5.69 Å². The van der Waals surface area contributed by atoms with Gasteiger partial charge in [-0.25, -0.2) is 10.8 Å². The summed E-state index contributed by atoms with van der Waals surface area (Å²) < 4.78 is 0. The van der Waals surface area contributed by atoms with E-state index < -0.39 is 0 Å². The van der Waals surface area contributed by atoms with Gasteiger partial charge in [-0.05, 0) is 51.7 Å². The van der Waals surface area contributed by atoms with Gasteiger partial charge in [0.2, 0.25) is 0 Å². The summed E-state index contributed by atoms with van der Waals surface area (Å²) in [6.45, 7) is 11.1. The lowest BCUT2D eigenvalue weighted by Crippen LogP contribution is -2.31. The highest BCUT2D eigenvalue weighted by Gasteiger charge is 2.17. The zero-order valence-corrected chi connectivity index (χ0v) is 18.5. The number of hydrogen-bond acceptors (Lipinski definition) is 7. The maximum Gasteiger partial charge on any atom is 0.126 e. The van der Waals surface area contributed by atoms with Crippen LogP contribution in [0.5, 0.6) is 0 Å². The van der Waals surface area contributed by atoms with Crippen molar-refractivity contribution in [3.8, 4) is 0 Å². The van der Waals surface area contributed by atoms with E-state index in [0.29, 0.717) is 17.1 Å². The van der Waals surface area contributed by atoms with E-state index in [-0.39, 0.29) is 12.4 Å². The first-order chi connectivity index (χ1) is 13.3. The summed E-state index contributed by atoms with van der Waals surface area (Å²) in [5, 5.41) is 10.8. The van der Waals surface area contributed by atoms with Gasteiger partial charge in [0, 0.05) is 20.1 Å². The van der Waals surface area contributed by atoms with Gasteiger partial charge < -0.3 is 25.5 Å². The number of ketones is 1. The molecule has 0 bridgehead atoms. The number of piperidine rings is 1. The molecule has 2 rings (SSSR count). The molecule has 1 aromatic heterocycles. The summed E-state index contributed by atoms with van der Waals surface area (Å²) in [7, 11) is 1.65. The maximum absolute atomic E-state index is 9.44. The van der Waals surface area contributed by atoms with Crippen LogP contribution in [0, 0.1) is 0 Å². The van der Waals surface area contributed by atoms with Crippen LogP contribution in [0.1, 0.15) is 65.3 Å². The molecule has 1 fully saturated rings. The number of likely N-dealkylation sites (N-methyl/N-ethyl adjacent to an activating group) is 1. The van der Waals surface area contributed by atoms with Crippen molar-refractivity contribution in [2.75, 3.05) is 31.6 Å². The highest BCUT2D eigenvalue weighted by Crippen LogP contribution is 2.25. The Kier molecular flexibility index (Phi) is 12.9. The van der Waals surface area contributed by atoms with Crippen LogP contribution in [-0.4, -0.2) is 47.6 Å². The SMILES string of the molecule is CC.CC(C)=O.CCc1nc(/C(N)=C(\CO)N(C)N)ccc1N1CCCCC1. The van der Waals surface area contributed by atoms with Gasteiger partial charge in [0.25, 0.3) is 0 Å². The summed E-state index contributed by atoms with van der Waals surface area (Å²) in [6.07, 6.45) is 4.63. The molecule has 0 radical (unpaired) electrons. The van der Waals surface area contributed by atoms with Crippen molar-refractivity contribution in [3.63, 3.8) is 0 Å². The average molecular weight is 394 g/mol. The Bertz CT molecular complexity index is 619. The lowest BCUT2D eigenvalue weighted by atomic mass is 10.1. The van der Waals surface area contributed by atoms with Crippen molar-refractivity contribution < 1.29 is 9.90 Å². The first kappa shape index (κ1) is 25.9. The van der Waals surface area contributed by atoms with Gasteiger partial charge >= 0.3 is 0 Å². The van der Waals surface area contributed by atoms with Crippen molar-refractivity contribution >= 4 is 17.2 Å². The smallest absolute Gasteiger partial charge is 0.126 e. The molecule has 0 unspecified atom stereocenters. The number of hydrazine groups is 1. The van der Waals surface area contributed by atoms with Crippen LogP contribution >= 0.6 is 0 Å². The maximum atomic E-state index is 9.44. The molecule has 5 N–H and O–H groups in total. The molecule has 0 atom stereocenters. The number of pyridine rings is 1. The number of nitrogens with zero attached hydrogens (tertiary/aromatic N) is 3. The van der Waals surface area contributed by atoms with Gasteiger partial charge in [-0.1, -0.05) is 20.8 Å². The van der Waals surface area contributed by atoms with Gasteiger partial charge in [0.15, 0.2) is 0 Å². The van der Waals surface area contributed by atoms with Crippen LogP contribution in [0.15, 0.2) is 17.8 Å². The summed E-state index contributed by atoms with van der Waals surface area (Å²) in [6, 6.07) is 4.00. The fraction of sp³-hybridized carbons (Fsp3) is 0.619. The van der Waals surface area contributed by atoms with Gasteiger partial charge in [-0.3, -0.25) is 0 Å². The number of hydrogen-bond donors (Lipinski definition) is 3. The number of aromatic nitrogens is 1. The molecule has 0 amide bonds. The summed E-state index contributed by atoms with van der Waals surface area (Å²) in [4.78, 5) is 16.5. The number of rotatable bonds is 5.